The Bertz CT molecular complexity index is 976. The molecule has 3 aromatic rings. The van der Waals surface area contributed by atoms with Crippen LogP contribution in [0.4, 0.5) is 0 Å². The Morgan fingerprint density at radius 2 is 2.00 bits per heavy atom. The lowest BCUT2D eigenvalue weighted by molar-refractivity contribution is -0.0235. The number of likely N-dealkylation sites (tertiary alicyclic amines) is 1. The van der Waals surface area contributed by atoms with Crippen molar-refractivity contribution in [2.45, 2.75) is 37.9 Å². The van der Waals surface area contributed by atoms with Gasteiger partial charge in [-0.25, -0.2) is 4.98 Å². The molecule has 2 aliphatic rings. The van der Waals surface area contributed by atoms with Crippen LogP contribution in [0.2, 0.25) is 0 Å². The van der Waals surface area contributed by atoms with E-state index in [9.17, 15) is 0 Å². The molecule has 0 bridgehead atoms. The number of rotatable bonds is 7. The van der Waals surface area contributed by atoms with Crippen molar-refractivity contribution in [2.75, 3.05) is 39.8 Å². The van der Waals surface area contributed by atoms with Gasteiger partial charge in [-0.05, 0) is 69.1 Å². The second kappa shape index (κ2) is 10.3. The third-order valence-corrected chi connectivity index (χ3v) is 7.65. The Hall–Kier alpha value is -1.99. The molecule has 1 aromatic heterocycles. The zero-order valence-electron chi connectivity index (χ0n) is 18.8. The normalized spacial score (nSPS) is 21.6. The van der Waals surface area contributed by atoms with Gasteiger partial charge < -0.3 is 19.7 Å². The quantitative estimate of drug-likeness (QED) is 0.555. The average molecular weight is 452 g/mol. The maximum atomic E-state index is 6.75. The highest BCUT2D eigenvalue weighted by molar-refractivity contribution is 7.18. The summed E-state index contributed by atoms with van der Waals surface area (Å²) in [5, 5.41) is 4.50. The van der Waals surface area contributed by atoms with Crippen molar-refractivity contribution in [3.8, 4) is 5.75 Å². The number of thiazole rings is 1. The SMILES string of the molecule is CN1CCC(OC(c2cccc(OCC3CCCNC3)c2)c2nc3ccccc3s2)CC1. The van der Waals surface area contributed by atoms with Crippen LogP contribution >= 0.6 is 11.3 Å². The Balaban J connectivity index is 1.37. The van der Waals surface area contributed by atoms with Crippen LogP contribution in [0.3, 0.4) is 0 Å². The Kier molecular flexibility index (Phi) is 7.03. The van der Waals surface area contributed by atoms with E-state index in [1.54, 1.807) is 11.3 Å². The molecule has 0 spiro atoms. The van der Waals surface area contributed by atoms with Crippen molar-refractivity contribution >= 4 is 21.6 Å². The molecule has 3 heterocycles. The van der Waals surface area contributed by atoms with E-state index in [-0.39, 0.29) is 12.2 Å². The number of nitrogens with one attached hydrogen (secondary N) is 1. The summed E-state index contributed by atoms with van der Waals surface area (Å²) >= 11 is 1.74. The van der Waals surface area contributed by atoms with Gasteiger partial charge >= 0.3 is 0 Å². The lowest BCUT2D eigenvalue weighted by Crippen LogP contribution is -2.35. The zero-order valence-corrected chi connectivity index (χ0v) is 19.7. The zero-order chi connectivity index (χ0) is 21.8. The van der Waals surface area contributed by atoms with Gasteiger partial charge in [0.2, 0.25) is 0 Å². The molecule has 6 heteroatoms. The number of ether oxygens (including phenoxy) is 2. The summed E-state index contributed by atoms with van der Waals surface area (Å²) in [6.07, 6.45) is 4.67. The molecule has 170 valence electrons. The van der Waals surface area contributed by atoms with Gasteiger partial charge in [0.25, 0.3) is 0 Å². The first-order valence-corrected chi connectivity index (χ1v) is 12.7. The van der Waals surface area contributed by atoms with Gasteiger partial charge in [0.05, 0.1) is 22.9 Å². The molecule has 2 aliphatic heterocycles. The third-order valence-electron chi connectivity index (χ3n) is 6.57. The van der Waals surface area contributed by atoms with E-state index >= 15 is 0 Å². The molecule has 2 unspecified atom stereocenters. The molecule has 2 atom stereocenters. The standard InChI is InChI=1S/C26H33N3O2S/c1-29-14-11-21(12-15-29)31-25(26-28-23-9-2-3-10-24(23)32-26)20-7-4-8-22(16-20)30-18-19-6-5-13-27-17-19/h2-4,7-10,16,19,21,25,27H,5-6,11-15,17-18H2,1H3. The fraction of sp³-hybridized carbons (Fsp3) is 0.500. The van der Waals surface area contributed by atoms with E-state index in [4.69, 9.17) is 14.5 Å². The van der Waals surface area contributed by atoms with Crippen LogP contribution in [0.15, 0.2) is 48.5 Å². The van der Waals surface area contributed by atoms with E-state index < -0.39 is 0 Å². The number of para-hydroxylation sites is 1. The first-order valence-electron chi connectivity index (χ1n) is 11.9. The van der Waals surface area contributed by atoms with E-state index in [1.165, 1.54) is 17.5 Å². The van der Waals surface area contributed by atoms with Gasteiger partial charge in [0, 0.05) is 25.6 Å². The third kappa shape index (κ3) is 5.31. The van der Waals surface area contributed by atoms with Crippen LogP contribution in [0, 0.1) is 5.92 Å². The lowest BCUT2D eigenvalue weighted by atomic mass is 10.0. The van der Waals surface area contributed by atoms with Crippen molar-refractivity contribution in [3.63, 3.8) is 0 Å². The molecule has 0 radical (unpaired) electrons. The molecule has 0 saturated carbocycles. The van der Waals surface area contributed by atoms with Crippen LogP contribution in [0.25, 0.3) is 10.2 Å². The number of aromatic nitrogens is 1. The summed E-state index contributed by atoms with van der Waals surface area (Å²) in [6, 6.07) is 16.8. The van der Waals surface area contributed by atoms with Crippen molar-refractivity contribution in [1.82, 2.24) is 15.2 Å². The van der Waals surface area contributed by atoms with Gasteiger partial charge in [-0.2, -0.15) is 0 Å². The first kappa shape index (κ1) is 21.8. The number of benzene rings is 2. The largest absolute Gasteiger partial charge is 0.493 e. The maximum absolute atomic E-state index is 6.75. The van der Waals surface area contributed by atoms with Crippen LogP contribution in [-0.2, 0) is 4.74 Å². The second-order valence-electron chi connectivity index (χ2n) is 9.13. The molecule has 1 N–H and O–H groups in total. The van der Waals surface area contributed by atoms with Crippen molar-refractivity contribution < 1.29 is 9.47 Å². The second-order valence-corrected chi connectivity index (χ2v) is 10.2. The highest BCUT2D eigenvalue weighted by Gasteiger charge is 2.26. The minimum atomic E-state index is -0.166. The maximum Gasteiger partial charge on any atom is 0.135 e. The minimum Gasteiger partial charge on any atom is -0.493 e. The van der Waals surface area contributed by atoms with Gasteiger partial charge in [0.15, 0.2) is 0 Å². The predicted molar refractivity (Wildman–Crippen MR) is 131 cm³/mol. The smallest absolute Gasteiger partial charge is 0.135 e. The minimum absolute atomic E-state index is 0.166. The number of piperidine rings is 2. The van der Waals surface area contributed by atoms with E-state index in [2.05, 4.69) is 59.7 Å². The number of hydrogen-bond acceptors (Lipinski definition) is 6. The summed E-state index contributed by atoms with van der Waals surface area (Å²) in [5.74, 6) is 1.51. The highest BCUT2D eigenvalue weighted by Crippen LogP contribution is 2.36. The summed E-state index contributed by atoms with van der Waals surface area (Å²) in [7, 11) is 2.18. The molecule has 32 heavy (non-hydrogen) atoms. The molecule has 2 fully saturated rings. The molecule has 0 amide bonds. The number of fused-ring (bicyclic) bond motifs is 1. The molecular weight excluding hydrogens is 418 g/mol. The van der Waals surface area contributed by atoms with Crippen molar-refractivity contribution in [2.24, 2.45) is 5.92 Å². The summed E-state index contributed by atoms with van der Waals surface area (Å²) in [4.78, 5) is 7.33. The summed E-state index contributed by atoms with van der Waals surface area (Å²) in [5.41, 5.74) is 2.17. The van der Waals surface area contributed by atoms with Gasteiger partial charge in [-0.1, -0.05) is 24.3 Å². The fourth-order valence-corrected chi connectivity index (χ4v) is 5.68. The summed E-state index contributed by atoms with van der Waals surface area (Å²) in [6.45, 7) is 5.10. The molecular formula is C26H33N3O2S. The van der Waals surface area contributed by atoms with Crippen molar-refractivity contribution in [3.05, 3.63) is 59.1 Å². The predicted octanol–water partition coefficient (Wildman–Crippen LogP) is 4.87. The van der Waals surface area contributed by atoms with E-state index in [1.807, 2.05) is 6.07 Å². The van der Waals surface area contributed by atoms with Crippen LogP contribution < -0.4 is 10.1 Å². The number of hydrogen-bond donors (Lipinski definition) is 1. The molecule has 2 aromatic carbocycles. The number of nitrogens with zero attached hydrogens (tertiary/aromatic N) is 2. The molecule has 5 nitrogen and oxygen atoms in total. The van der Waals surface area contributed by atoms with Gasteiger partial charge in [-0.3, -0.25) is 0 Å². The van der Waals surface area contributed by atoms with Crippen LogP contribution in [0.5, 0.6) is 5.75 Å². The monoisotopic (exact) mass is 451 g/mol. The van der Waals surface area contributed by atoms with Gasteiger partial charge in [0.1, 0.15) is 16.9 Å². The average Bonchev–Trinajstić information content (AvgIpc) is 3.27. The molecule has 5 rings (SSSR count). The lowest BCUT2D eigenvalue weighted by Gasteiger charge is -2.31. The van der Waals surface area contributed by atoms with Gasteiger partial charge in [-0.15, -0.1) is 11.3 Å². The summed E-state index contributed by atoms with van der Waals surface area (Å²) < 4.78 is 14.2. The first-order chi connectivity index (χ1) is 15.7. The van der Waals surface area contributed by atoms with Crippen molar-refractivity contribution in [1.29, 1.82) is 0 Å². The van der Waals surface area contributed by atoms with Crippen LogP contribution in [-0.4, -0.2) is 55.8 Å². The van der Waals surface area contributed by atoms with E-state index in [0.717, 1.165) is 67.5 Å². The molecule has 2 saturated heterocycles. The Morgan fingerprint density at radius 1 is 1.12 bits per heavy atom. The topological polar surface area (TPSA) is 46.6 Å². The Labute approximate surface area is 194 Å². The molecule has 0 aliphatic carbocycles. The fourth-order valence-electron chi connectivity index (χ4n) is 4.64. The van der Waals surface area contributed by atoms with Crippen LogP contribution in [0.1, 0.15) is 42.4 Å². The van der Waals surface area contributed by atoms with E-state index in [0.29, 0.717) is 5.92 Å². The Morgan fingerprint density at radius 3 is 2.81 bits per heavy atom. The highest BCUT2D eigenvalue weighted by atomic mass is 32.1.